The fourth-order valence-electron chi connectivity index (χ4n) is 2.76. The largest absolute Gasteiger partial charge is 0.416 e. The fourth-order valence-corrected chi connectivity index (χ4v) is 3.44. The van der Waals surface area contributed by atoms with Crippen LogP contribution in [0, 0.1) is 5.92 Å². The number of piperidine rings is 1. The highest BCUT2D eigenvalue weighted by Crippen LogP contribution is 2.30. The van der Waals surface area contributed by atoms with Crippen molar-refractivity contribution in [3.63, 3.8) is 0 Å². The van der Waals surface area contributed by atoms with Crippen LogP contribution in [0.25, 0.3) is 0 Å². The molecule has 0 atom stereocenters. The highest BCUT2D eigenvalue weighted by molar-refractivity contribution is 14.1. The first-order valence-corrected chi connectivity index (χ1v) is 9.28. The Morgan fingerprint density at radius 3 is 2.19 bits per heavy atom. The predicted octanol–water partition coefficient (Wildman–Crippen LogP) is 4.54. The number of carbonyl (C=O) groups is 2. The molecule has 0 saturated carbocycles. The van der Waals surface area contributed by atoms with Gasteiger partial charge in [0, 0.05) is 30.7 Å². The molecule has 1 aliphatic rings. The molecule has 144 valence electrons. The lowest BCUT2D eigenvalue weighted by atomic mass is 10.0. The summed E-state index contributed by atoms with van der Waals surface area (Å²) in [7, 11) is 0. The summed E-state index contributed by atoms with van der Waals surface area (Å²) >= 11 is 1.91. The van der Waals surface area contributed by atoms with Crippen molar-refractivity contribution in [2.75, 3.05) is 18.4 Å². The molecule has 5 nitrogen and oxygen atoms in total. The van der Waals surface area contributed by atoms with E-state index >= 15 is 0 Å². The summed E-state index contributed by atoms with van der Waals surface area (Å²) in [6.45, 7) is 4.90. The lowest BCUT2D eigenvalue weighted by molar-refractivity contribution is -0.137. The van der Waals surface area contributed by atoms with E-state index in [2.05, 4.69) is 5.32 Å². The van der Waals surface area contributed by atoms with Crippen LogP contribution in [-0.4, -0.2) is 39.1 Å². The van der Waals surface area contributed by atoms with E-state index in [4.69, 9.17) is 0 Å². The number of rotatable bonds is 3. The van der Waals surface area contributed by atoms with Crippen molar-refractivity contribution in [1.82, 2.24) is 8.01 Å². The Hall–Kier alpha value is -1.52. The second-order valence-electron chi connectivity index (χ2n) is 6.53. The Bertz CT molecular complexity index is 642. The first kappa shape index (κ1) is 20.8. The van der Waals surface area contributed by atoms with Gasteiger partial charge in [0.25, 0.3) is 0 Å². The Kier molecular flexibility index (Phi) is 6.75. The number of hydrogen-bond donors (Lipinski definition) is 1. The Morgan fingerprint density at radius 1 is 1.19 bits per heavy atom. The van der Waals surface area contributed by atoms with Gasteiger partial charge in [0.15, 0.2) is 0 Å². The zero-order chi connectivity index (χ0) is 19.5. The highest BCUT2D eigenvalue weighted by atomic mass is 127. The van der Waals surface area contributed by atoms with E-state index in [1.807, 2.05) is 36.7 Å². The minimum atomic E-state index is -4.40. The number of halogens is 4. The number of likely N-dealkylation sites (tertiary alicyclic amines) is 1. The van der Waals surface area contributed by atoms with Crippen LogP contribution in [-0.2, 0) is 11.0 Å². The molecule has 0 spiro atoms. The predicted molar refractivity (Wildman–Crippen MR) is 101 cm³/mol. The Morgan fingerprint density at radius 2 is 1.73 bits per heavy atom. The van der Waals surface area contributed by atoms with Gasteiger partial charge in [-0.3, -0.25) is 7.91 Å². The van der Waals surface area contributed by atoms with Crippen LogP contribution >= 0.6 is 22.9 Å². The SMILES string of the molecule is CC(C)C(=O)N1CCC(N(I)C(=O)Nc2ccc(C(F)(F)F)cc2)CC1. The quantitative estimate of drug-likeness (QED) is 0.508. The molecule has 1 aromatic rings. The maximum absolute atomic E-state index is 12.6. The van der Waals surface area contributed by atoms with Crippen LogP contribution in [0.1, 0.15) is 32.3 Å². The van der Waals surface area contributed by atoms with Crippen molar-refractivity contribution in [2.45, 2.75) is 38.9 Å². The van der Waals surface area contributed by atoms with Crippen molar-refractivity contribution in [3.05, 3.63) is 29.8 Å². The summed E-state index contributed by atoms with van der Waals surface area (Å²) in [6.07, 6.45) is -3.07. The smallest absolute Gasteiger partial charge is 0.342 e. The number of anilines is 1. The molecule has 1 aromatic carbocycles. The van der Waals surface area contributed by atoms with Crippen molar-refractivity contribution in [2.24, 2.45) is 5.92 Å². The molecule has 1 fully saturated rings. The third kappa shape index (κ3) is 5.24. The average molecular weight is 483 g/mol. The van der Waals surface area contributed by atoms with E-state index in [1.165, 1.54) is 15.2 Å². The normalized spacial score (nSPS) is 15.9. The number of urea groups is 1. The summed E-state index contributed by atoms with van der Waals surface area (Å²) in [5, 5.41) is 2.60. The summed E-state index contributed by atoms with van der Waals surface area (Å²) in [6, 6.07) is 3.91. The number of nitrogens with zero attached hydrogens (tertiary/aromatic N) is 2. The lowest BCUT2D eigenvalue weighted by Crippen LogP contribution is -2.47. The van der Waals surface area contributed by atoms with E-state index in [9.17, 15) is 22.8 Å². The van der Waals surface area contributed by atoms with Gasteiger partial charge >= 0.3 is 12.2 Å². The van der Waals surface area contributed by atoms with Crippen molar-refractivity contribution < 1.29 is 22.8 Å². The van der Waals surface area contributed by atoms with Gasteiger partial charge in [-0.1, -0.05) is 13.8 Å². The van der Waals surface area contributed by atoms with E-state index in [0.29, 0.717) is 31.6 Å². The van der Waals surface area contributed by atoms with Gasteiger partial charge in [0.2, 0.25) is 5.91 Å². The summed E-state index contributed by atoms with van der Waals surface area (Å²) in [4.78, 5) is 26.1. The third-order valence-corrected chi connectivity index (χ3v) is 5.47. The van der Waals surface area contributed by atoms with Crippen LogP contribution < -0.4 is 5.32 Å². The molecule has 1 aliphatic heterocycles. The zero-order valence-corrected chi connectivity index (χ0v) is 16.7. The van der Waals surface area contributed by atoms with E-state index in [1.54, 1.807) is 4.90 Å². The molecule has 0 aromatic heterocycles. The third-order valence-electron chi connectivity index (χ3n) is 4.25. The van der Waals surface area contributed by atoms with Crippen molar-refractivity contribution in [3.8, 4) is 0 Å². The lowest BCUT2D eigenvalue weighted by Gasteiger charge is -2.36. The summed E-state index contributed by atoms with van der Waals surface area (Å²) in [5.74, 6) is 0.0582. The fraction of sp³-hybridized carbons (Fsp3) is 0.529. The molecule has 0 unspecified atom stereocenters. The average Bonchev–Trinajstić information content (AvgIpc) is 2.60. The van der Waals surface area contributed by atoms with Crippen LogP contribution in [0.15, 0.2) is 24.3 Å². The van der Waals surface area contributed by atoms with Crippen LogP contribution in [0.2, 0.25) is 0 Å². The Balaban J connectivity index is 1.89. The van der Waals surface area contributed by atoms with Crippen LogP contribution in [0.5, 0.6) is 0 Å². The molecule has 9 heteroatoms. The molecule has 0 radical (unpaired) electrons. The van der Waals surface area contributed by atoms with Crippen molar-refractivity contribution >= 4 is 40.5 Å². The molecule has 1 saturated heterocycles. The standard InChI is InChI=1S/C17H21F3IN3O2/c1-11(2)15(25)23-9-7-14(8-10-23)24(21)16(26)22-13-5-3-12(4-6-13)17(18,19)20/h3-6,11,14H,7-10H2,1-2H3,(H,22,26). The molecule has 2 rings (SSSR count). The first-order chi connectivity index (χ1) is 12.1. The number of carbonyl (C=O) groups excluding carboxylic acids is 2. The van der Waals surface area contributed by atoms with E-state index in [0.717, 1.165) is 12.1 Å². The molecule has 1 N–H and O–H groups in total. The Labute approximate surface area is 164 Å². The van der Waals surface area contributed by atoms with Gasteiger partial charge in [0.05, 0.1) is 28.4 Å². The zero-order valence-electron chi connectivity index (χ0n) is 14.5. The topological polar surface area (TPSA) is 52.7 Å². The molecule has 26 heavy (non-hydrogen) atoms. The maximum atomic E-state index is 12.6. The molecule has 0 aliphatic carbocycles. The maximum Gasteiger partial charge on any atom is 0.416 e. The monoisotopic (exact) mass is 483 g/mol. The molecule has 3 amide bonds. The van der Waals surface area contributed by atoms with Gasteiger partial charge in [-0.05, 0) is 37.1 Å². The minimum Gasteiger partial charge on any atom is -0.342 e. The van der Waals surface area contributed by atoms with E-state index < -0.39 is 11.7 Å². The number of benzene rings is 1. The molecular formula is C17H21F3IN3O2. The first-order valence-electron chi connectivity index (χ1n) is 8.31. The second-order valence-corrected chi connectivity index (χ2v) is 7.57. The molecule has 0 bridgehead atoms. The second kappa shape index (κ2) is 8.45. The molecule has 1 heterocycles. The number of nitrogens with one attached hydrogen (secondary N) is 1. The summed E-state index contributed by atoms with van der Waals surface area (Å²) in [5.41, 5.74) is -0.457. The van der Waals surface area contributed by atoms with Crippen LogP contribution in [0.4, 0.5) is 23.7 Å². The molecular weight excluding hydrogens is 462 g/mol. The number of alkyl halides is 3. The minimum absolute atomic E-state index is 0.0266. The van der Waals surface area contributed by atoms with Gasteiger partial charge in [0.1, 0.15) is 0 Å². The van der Waals surface area contributed by atoms with Crippen LogP contribution in [0.3, 0.4) is 0 Å². The number of amides is 3. The van der Waals surface area contributed by atoms with Gasteiger partial charge < -0.3 is 10.2 Å². The number of hydrogen-bond acceptors (Lipinski definition) is 2. The highest BCUT2D eigenvalue weighted by Gasteiger charge is 2.31. The van der Waals surface area contributed by atoms with Gasteiger partial charge in [-0.15, -0.1) is 0 Å². The van der Waals surface area contributed by atoms with Crippen molar-refractivity contribution in [1.29, 1.82) is 0 Å². The van der Waals surface area contributed by atoms with E-state index in [-0.39, 0.29) is 23.9 Å². The summed E-state index contributed by atoms with van der Waals surface area (Å²) < 4.78 is 39.2. The van der Waals surface area contributed by atoms with Gasteiger partial charge in [-0.2, -0.15) is 13.2 Å². The van der Waals surface area contributed by atoms with Gasteiger partial charge in [-0.25, -0.2) is 4.79 Å².